The van der Waals surface area contributed by atoms with Crippen LogP contribution >= 0.6 is 12.4 Å². The minimum Gasteiger partial charge on any atom is -0.474 e. The summed E-state index contributed by atoms with van der Waals surface area (Å²) in [5, 5.41) is 13.3. The highest BCUT2D eigenvalue weighted by Gasteiger charge is 2.21. The van der Waals surface area contributed by atoms with Crippen LogP contribution in [0, 0.1) is 0 Å². The summed E-state index contributed by atoms with van der Waals surface area (Å²) in [6.45, 7) is 3.43. The third kappa shape index (κ3) is 4.77. The molecular formula is C18H24ClN5O3. The summed E-state index contributed by atoms with van der Waals surface area (Å²) in [5.41, 5.74) is 3.43. The van der Waals surface area contributed by atoms with E-state index in [1.54, 1.807) is 6.20 Å². The number of hydrogen-bond donors (Lipinski definition) is 3. The summed E-state index contributed by atoms with van der Waals surface area (Å²) in [4.78, 5) is 16.7. The Bertz CT molecular complexity index is 776. The van der Waals surface area contributed by atoms with Crippen LogP contribution in [0.2, 0.25) is 0 Å². The van der Waals surface area contributed by atoms with Gasteiger partial charge in [0.05, 0.1) is 13.2 Å². The zero-order valence-corrected chi connectivity index (χ0v) is 15.8. The molecule has 146 valence electrons. The number of rotatable bonds is 5. The Morgan fingerprint density at radius 3 is 3.07 bits per heavy atom. The molecule has 2 aromatic heterocycles. The molecule has 0 aromatic carbocycles. The van der Waals surface area contributed by atoms with Crippen molar-refractivity contribution in [3.05, 3.63) is 40.8 Å². The number of hydrogen-bond acceptors (Lipinski definition) is 6. The van der Waals surface area contributed by atoms with Crippen LogP contribution in [0.3, 0.4) is 0 Å². The zero-order chi connectivity index (χ0) is 17.8. The van der Waals surface area contributed by atoms with Crippen molar-refractivity contribution in [3.8, 4) is 5.88 Å². The highest BCUT2D eigenvalue weighted by Crippen LogP contribution is 2.18. The first kappa shape index (κ1) is 19.6. The maximum Gasteiger partial charge on any atom is 0.272 e. The van der Waals surface area contributed by atoms with Crippen molar-refractivity contribution in [2.45, 2.75) is 38.5 Å². The van der Waals surface area contributed by atoms with E-state index in [1.165, 1.54) is 0 Å². The van der Waals surface area contributed by atoms with E-state index in [-0.39, 0.29) is 24.4 Å². The van der Waals surface area contributed by atoms with Crippen LogP contribution in [-0.2, 0) is 24.2 Å². The molecule has 0 radical (unpaired) electrons. The lowest BCUT2D eigenvalue weighted by Gasteiger charge is -2.22. The molecule has 1 amide bonds. The number of halogens is 1. The van der Waals surface area contributed by atoms with E-state index >= 15 is 0 Å². The summed E-state index contributed by atoms with van der Waals surface area (Å²) in [7, 11) is 0. The van der Waals surface area contributed by atoms with Crippen LogP contribution in [0.5, 0.6) is 5.88 Å². The monoisotopic (exact) mass is 393 g/mol. The third-order valence-electron chi connectivity index (χ3n) is 4.73. The Hall–Kier alpha value is -2.16. The number of aromatic nitrogens is 3. The van der Waals surface area contributed by atoms with E-state index in [1.807, 2.05) is 12.1 Å². The summed E-state index contributed by atoms with van der Waals surface area (Å²) < 4.78 is 11.3. The molecule has 0 unspecified atom stereocenters. The summed E-state index contributed by atoms with van der Waals surface area (Å²) in [5.74, 6) is 0.417. The number of nitrogens with zero attached hydrogens (tertiary/aromatic N) is 2. The predicted molar refractivity (Wildman–Crippen MR) is 101 cm³/mol. The van der Waals surface area contributed by atoms with Crippen molar-refractivity contribution in [2.24, 2.45) is 0 Å². The fourth-order valence-electron chi connectivity index (χ4n) is 3.27. The highest BCUT2D eigenvalue weighted by atomic mass is 35.5. The molecule has 4 rings (SSSR count). The molecule has 1 fully saturated rings. The van der Waals surface area contributed by atoms with Crippen LogP contribution in [0.25, 0.3) is 0 Å². The van der Waals surface area contributed by atoms with Gasteiger partial charge in [0.15, 0.2) is 5.69 Å². The first-order chi connectivity index (χ1) is 12.8. The van der Waals surface area contributed by atoms with Gasteiger partial charge in [-0.25, -0.2) is 4.98 Å². The summed E-state index contributed by atoms with van der Waals surface area (Å²) in [6.07, 6.45) is 4.47. The van der Waals surface area contributed by atoms with Crippen LogP contribution in [0.1, 0.15) is 40.2 Å². The van der Waals surface area contributed by atoms with Crippen molar-refractivity contribution in [1.29, 1.82) is 0 Å². The standard InChI is InChI=1S/C18H23N5O3.ClH/c24-18(17-14-11-19-5-2-15(14)22-23-17)21-10-12-1-6-20-16(9-12)26-13-3-7-25-8-4-13;/h1,6,9,13,19H,2-5,7-8,10-11H2,(H,21,24)(H,22,23);1H. The number of fused-ring (bicyclic) bond motifs is 1. The number of aromatic amines is 1. The minimum atomic E-state index is -0.171. The Morgan fingerprint density at radius 2 is 2.22 bits per heavy atom. The molecule has 27 heavy (non-hydrogen) atoms. The molecule has 0 atom stereocenters. The van der Waals surface area contributed by atoms with E-state index in [2.05, 4.69) is 25.8 Å². The Kier molecular flexibility index (Phi) is 6.65. The van der Waals surface area contributed by atoms with Gasteiger partial charge in [-0.2, -0.15) is 5.10 Å². The van der Waals surface area contributed by atoms with Gasteiger partial charge in [0.25, 0.3) is 5.91 Å². The van der Waals surface area contributed by atoms with Gasteiger partial charge < -0.3 is 20.1 Å². The molecule has 9 heteroatoms. The Morgan fingerprint density at radius 1 is 1.37 bits per heavy atom. The van der Waals surface area contributed by atoms with E-state index < -0.39 is 0 Å². The summed E-state index contributed by atoms with van der Waals surface area (Å²) >= 11 is 0. The first-order valence-corrected chi connectivity index (χ1v) is 9.04. The zero-order valence-electron chi connectivity index (χ0n) is 15.0. The molecule has 0 spiro atoms. The molecule has 8 nitrogen and oxygen atoms in total. The number of carbonyl (C=O) groups excluding carboxylic acids is 1. The molecule has 4 heterocycles. The number of H-pyrrole nitrogens is 1. The van der Waals surface area contributed by atoms with E-state index in [0.717, 1.165) is 55.8 Å². The van der Waals surface area contributed by atoms with Crippen LogP contribution < -0.4 is 15.4 Å². The van der Waals surface area contributed by atoms with E-state index in [0.29, 0.717) is 24.7 Å². The predicted octanol–water partition coefficient (Wildman–Crippen LogP) is 1.36. The van der Waals surface area contributed by atoms with Crippen molar-refractivity contribution < 1.29 is 14.3 Å². The topological polar surface area (TPSA) is 101 Å². The van der Waals surface area contributed by atoms with Crippen molar-refractivity contribution in [3.63, 3.8) is 0 Å². The van der Waals surface area contributed by atoms with Gasteiger partial charge in [0, 0.05) is 62.4 Å². The van der Waals surface area contributed by atoms with E-state index in [4.69, 9.17) is 9.47 Å². The second-order valence-electron chi connectivity index (χ2n) is 6.57. The van der Waals surface area contributed by atoms with Gasteiger partial charge in [-0.3, -0.25) is 9.89 Å². The molecule has 2 aliphatic rings. The SMILES string of the molecule is Cl.O=C(NCc1ccnc(OC2CCOCC2)c1)c1n[nH]c2c1CNCC2. The van der Waals surface area contributed by atoms with Gasteiger partial charge in [0.1, 0.15) is 6.10 Å². The van der Waals surface area contributed by atoms with Gasteiger partial charge in [-0.1, -0.05) is 0 Å². The quantitative estimate of drug-likeness (QED) is 0.709. The highest BCUT2D eigenvalue weighted by molar-refractivity contribution is 5.94. The maximum absolute atomic E-state index is 12.5. The molecule has 0 aliphatic carbocycles. The molecule has 0 saturated carbocycles. The maximum atomic E-state index is 12.5. The van der Waals surface area contributed by atoms with Gasteiger partial charge >= 0.3 is 0 Å². The van der Waals surface area contributed by atoms with Crippen molar-refractivity contribution in [2.75, 3.05) is 19.8 Å². The number of carbonyl (C=O) groups is 1. The van der Waals surface area contributed by atoms with Crippen LogP contribution in [0.4, 0.5) is 0 Å². The first-order valence-electron chi connectivity index (χ1n) is 9.04. The molecule has 3 N–H and O–H groups in total. The molecule has 0 bridgehead atoms. The van der Waals surface area contributed by atoms with Crippen molar-refractivity contribution >= 4 is 18.3 Å². The third-order valence-corrected chi connectivity index (χ3v) is 4.73. The van der Waals surface area contributed by atoms with Gasteiger partial charge in [-0.05, 0) is 11.6 Å². The van der Waals surface area contributed by atoms with Gasteiger partial charge in [0.2, 0.25) is 5.88 Å². The lowest BCUT2D eigenvalue weighted by atomic mass is 10.1. The molecule has 2 aliphatic heterocycles. The van der Waals surface area contributed by atoms with Gasteiger partial charge in [-0.15, -0.1) is 12.4 Å². The molecular weight excluding hydrogens is 370 g/mol. The van der Waals surface area contributed by atoms with Crippen molar-refractivity contribution in [1.82, 2.24) is 25.8 Å². The lowest BCUT2D eigenvalue weighted by molar-refractivity contribution is 0.0237. The fourth-order valence-corrected chi connectivity index (χ4v) is 3.27. The normalized spacial score (nSPS) is 16.9. The largest absolute Gasteiger partial charge is 0.474 e. The van der Waals surface area contributed by atoms with Crippen LogP contribution in [0.15, 0.2) is 18.3 Å². The number of amides is 1. The summed E-state index contributed by atoms with van der Waals surface area (Å²) in [6, 6.07) is 3.75. The molecule has 2 aromatic rings. The second kappa shape index (κ2) is 9.16. The molecule has 1 saturated heterocycles. The Balaban J connectivity index is 0.00000210. The average Bonchev–Trinajstić information content (AvgIpc) is 3.11. The fraction of sp³-hybridized carbons (Fsp3) is 0.500. The number of nitrogens with one attached hydrogen (secondary N) is 3. The average molecular weight is 394 g/mol. The smallest absolute Gasteiger partial charge is 0.272 e. The number of pyridine rings is 1. The Labute approximate surface area is 163 Å². The second-order valence-corrected chi connectivity index (χ2v) is 6.57. The number of ether oxygens (including phenoxy) is 2. The minimum absolute atomic E-state index is 0. The lowest BCUT2D eigenvalue weighted by Crippen LogP contribution is -2.28. The van der Waals surface area contributed by atoms with E-state index in [9.17, 15) is 4.79 Å². The van der Waals surface area contributed by atoms with Crippen LogP contribution in [-0.4, -0.2) is 47.0 Å².